The number of carbonyl (C=O) groups excluding carboxylic acids is 2. The van der Waals surface area contributed by atoms with E-state index in [1.165, 1.54) is 31.4 Å². The molecule has 1 aliphatic rings. The second kappa shape index (κ2) is 10.4. The molecule has 0 saturated carbocycles. The van der Waals surface area contributed by atoms with E-state index in [-0.39, 0.29) is 27.9 Å². The number of aromatic amines is 1. The largest absolute Gasteiger partial charge is 0.469 e. The van der Waals surface area contributed by atoms with Gasteiger partial charge in [0.05, 0.1) is 29.9 Å². The van der Waals surface area contributed by atoms with Crippen LogP contribution in [0.5, 0.6) is 0 Å². The summed E-state index contributed by atoms with van der Waals surface area (Å²) in [6, 6.07) is 7.02. The number of nitrogens with zero attached hydrogens (tertiary/aromatic N) is 2. The molecule has 0 bridgehead atoms. The van der Waals surface area contributed by atoms with Crippen molar-refractivity contribution in [2.24, 2.45) is 4.99 Å². The average molecular weight is 480 g/mol. The van der Waals surface area contributed by atoms with Gasteiger partial charge in [0.15, 0.2) is 5.16 Å². The molecule has 11 nitrogen and oxygen atoms in total. The third-order valence-electron chi connectivity index (χ3n) is 4.22. The second-order valence-electron chi connectivity index (χ2n) is 6.70. The number of ether oxygens (including phenoxy) is 1. The van der Waals surface area contributed by atoms with Gasteiger partial charge in [0, 0.05) is 24.7 Å². The number of anilines is 1. The van der Waals surface area contributed by atoms with Gasteiger partial charge in [0.1, 0.15) is 5.84 Å². The molecular formula is C19H21N5O6S2. The van der Waals surface area contributed by atoms with Crippen LogP contribution in [-0.4, -0.2) is 55.5 Å². The Labute approximate surface area is 188 Å². The van der Waals surface area contributed by atoms with Crippen LogP contribution < -0.4 is 15.6 Å². The first-order valence-electron chi connectivity index (χ1n) is 9.51. The quantitative estimate of drug-likeness (QED) is 0.283. The Kier molecular flexibility index (Phi) is 7.64. The topological polar surface area (TPSA) is 160 Å². The van der Waals surface area contributed by atoms with Crippen LogP contribution in [0.2, 0.25) is 0 Å². The molecule has 3 rings (SSSR count). The zero-order chi connectivity index (χ0) is 23.1. The molecule has 170 valence electrons. The number of hydrogen-bond acceptors (Lipinski definition) is 9. The monoisotopic (exact) mass is 479 g/mol. The van der Waals surface area contributed by atoms with Gasteiger partial charge < -0.3 is 15.0 Å². The van der Waals surface area contributed by atoms with E-state index in [1.54, 1.807) is 6.07 Å². The number of esters is 1. The van der Waals surface area contributed by atoms with E-state index >= 15 is 0 Å². The molecule has 0 unspecified atom stereocenters. The fourth-order valence-corrected chi connectivity index (χ4v) is 4.60. The van der Waals surface area contributed by atoms with Crippen molar-refractivity contribution in [1.29, 1.82) is 0 Å². The van der Waals surface area contributed by atoms with Crippen LogP contribution in [0.4, 0.5) is 5.69 Å². The van der Waals surface area contributed by atoms with Gasteiger partial charge in [0.2, 0.25) is 5.91 Å². The zero-order valence-electron chi connectivity index (χ0n) is 17.1. The number of sulfonamides is 1. The van der Waals surface area contributed by atoms with Gasteiger partial charge in [-0.2, -0.15) is 0 Å². The molecule has 3 N–H and O–H groups in total. The van der Waals surface area contributed by atoms with E-state index in [1.807, 2.05) is 0 Å². The Morgan fingerprint density at radius 2 is 2.09 bits per heavy atom. The van der Waals surface area contributed by atoms with Crippen LogP contribution in [0.1, 0.15) is 18.5 Å². The molecule has 2 heterocycles. The Balaban J connectivity index is 1.61. The summed E-state index contributed by atoms with van der Waals surface area (Å²) in [7, 11) is -2.57. The lowest BCUT2D eigenvalue weighted by Gasteiger charge is -2.10. The van der Waals surface area contributed by atoms with Crippen molar-refractivity contribution in [2.75, 3.05) is 24.7 Å². The summed E-state index contributed by atoms with van der Waals surface area (Å²) in [6.45, 7) is 0.595. The average Bonchev–Trinajstić information content (AvgIpc) is 3.24. The Morgan fingerprint density at radius 1 is 1.28 bits per heavy atom. The number of amidine groups is 1. The maximum absolute atomic E-state index is 12.5. The lowest BCUT2D eigenvalue weighted by atomic mass is 10.3. The number of methoxy groups -OCH3 is 1. The molecule has 0 fully saturated rings. The predicted molar refractivity (Wildman–Crippen MR) is 118 cm³/mol. The van der Waals surface area contributed by atoms with Crippen molar-refractivity contribution in [2.45, 2.75) is 29.3 Å². The molecule has 1 aromatic carbocycles. The Morgan fingerprint density at radius 3 is 2.81 bits per heavy atom. The first-order chi connectivity index (χ1) is 15.2. The summed E-state index contributed by atoms with van der Waals surface area (Å²) in [5.74, 6) is -0.650. The molecule has 32 heavy (non-hydrogen) atoms. The van der Waals surface area contributed by atoms with Gasteiger partial charge in [0.25, 0.3) is 15.6 Å². The number of rotatable bonds is 8. The predicted octanol–water partition coefficient (Wildman–Crippen LogP) is 0.687. The number of nitrogens with one attached hydrogen (secondary N) is 3. The van der Waals surface area contributed by atoms with Gasteiger partial charge in [-0.05, 0) is 24.6 Å². The number of aromatic nitrogens is 2. The minimum Gasteiger partial charge on any atom is -0.469 e. The highest BCUT2D eigenvalue weighted by Crippen LogP contribution is 2.18. The highest BCUT2D eigenvalue weighted by molar-refractivity contribution is 7.99. The van der Waals surface area contributed by atoms with E-state index in [2.05, 4.69) is 29.7 Å². The number of benzene rings is 1. The van der Waals surface area contributed by atoms with Gasteiger partial charge in [-0.1, -0.05) is 17.8 Å². The summed E-state index contributed by atoms with van der Waals surface area (Å²) in [4.78, 5) is 46.1. The van der Waals surface area contributed by atoms with Crippen molar-refractivity contribution in [3.05, 3.63) is 46.4 Å². The number of thioether (sulfide) groups is 1. The summed E-state index contributed by atoms with van der Waals surface area (Å²) < 4.78 is 32.0. The molecule has 0 saturated heterocycles. The summed E-state index contributed by atoms with van der Waals surface area (Å²) >= 11 is 0.965. The third-order valence-corrected chi connectivity index (χ3v) is 6.47. The van der Waals surface area contributed by atoms with Gasteiger partial charge in [-0.3, -0.25) is 24.1 Å². The van der Waals surface area contributed by atoms with Crippen molar-refractivity contribution in [3.8, 4) is 0 Å². The number of amides is 1. The van der Waals surface area contributed by atoms with E-state index in [9.17, 15) is 22.8 Å². The lowest BCUT2D eigenvalue weighted by Crippen LogP contribution is -2.29. The summed E-state index contributed by atoms with van der Waals surface area (Å²) in [6.07, 6.45) is 1.21. The number of hydrogen-bond donors (Lipinski definition) is 3. The van der Waals surface area contributed by atoms with Gasteiger partial charge >= 0.3 is 5.97 Å². The van der Waals surface area contributed by atoms with E-state index in [4.69, 9.17) is 0 Å². The highest BCUT2D eigenvalue weighted by Gasteiger charge is 2.19. The molecular weight excluding hydrogens is 458 g/mol. The molecule has 0 radical (unpaired) electrons. The molecule has 1 aromatic heterocycles. The normalized spacial score (nSPS) is 13.3. The Bertz CT molecular complexity index is 1210. The van der Waals surface area contributed by atoms with Crippen LogP contribution in [0, 0.1) is 0 Å². The summed E-state index contributed by atoms with van der Waals surface area (Å²) in [5.41, 5.74) is 0.0626. The van der Waals surface area contributed by atoms with Gasteiger partial charge in [-0.15, -0.1) is 0 Å². The van der Waals surface area contributed by atoms with Crippen molar-refractivity contribution >= 4 is 45.2 Å². The van der Waals surface area contributed by atoms with E-state index in [0.717, 1.165) is 18.2 Å². The first kappa shape index (κ1) is 23.5. The molecule has 0 atom stereocenters. The maximum atomic E-state index is 12.5. The second-order valence-corrected chi connectivity index (χ2v) is 9.34. The highest BCUT2D eigenvalue weighted by atomic mass is 32.2. The van der Waals surface area contributed by atoms with Gasteiger partial charge in [-0.25, -0.2) is 13.4 Å². The minimum absolute atomic E-state index is 0.000869. The first-order valence-corrected chi connectivity index (χ1v) is 12.0. The SMILES string of the molecule is COC(=O)Cc1cc(=O)[nH]c(SCC(=O)Nc2cccc(S(=O)(=O)NC3=NCCC3)c2)n1. The minimum atomic E-state index is -3.80. The molecule has 2 aromatic rings. The van der Waals surface area contributed by atoms with E-state index < -0.39 is 27.5 Å². The number of H-pyrrole nitrogens is 1. The maximum Gasteiger partial charge on any atom is 0.311 e. The zero-order valence-corrected chi connectivity index (χ0v) is 18.7. The van der Waals surface area contributed by atoms with Crippen molar-refractivity contribution in [3.63, 3.8) is 0 Å². The fourth-order valence-electron chi connectivity index (χ4n) is 2.77. The third kappa shape index (κ3) is 6.65. The van der Waals surface area contributed by atoms with Crippen LogP contribution in [0.25, 0.3) is 0 Å². The molecule has 0 spiro atoms. The van der Waals surface area contributed by atoms with Crippen molar-refractivity contribution < 1.29 is 22.7 Å². The Hall–Kier alpha value is -3.19. The summed E-state index contributed by atoms with van der Waals surface area (Å²) in [5, 5.41) is 2.78. The van der Waals surface area contributed by atoms with Crippen LogP contribution in [0.3, 0.4) is 0 Å². The van der Waals surface area contributed by atoms with Crippen LogP contribution in [-0.2, 0) is 30.8 Å². The van der Waals surface area contributed by atoms with Crippen molar-refractivity contribution in [1.82, 2.24) is 14.7 Å². The molecule has 1 aliphatic heterocycles. The molecule has 0 aliphatic carbocycles. The van der Waals surface area contributed by atoms with Crippen LogP contribution in [0.15, 0.2) is 50.2 Å². The number of carbonyl (C=O) groups is 2. The molecule has 1 amide bonds. The standard InChI is InChI=1S/C19H21N5O6S2/c1-30-18(27)10-13-9-16(25)23-19(22-13)31-11-17(26)21-12-4-2-5-14(8-12)32(28,29)24-15-6-3-7-20-15/h2,4-5,8-9H,3,6-7,10-11H2,1H3,(H,20,24)(H,21,26)(H,22,23,25). The number of aliphatic imine (C=N–C) groups is 1. The fraction of sp³-hybridized carbons (Fsp3) is 0.316. The lowest BCUT2D eigenvalue weighted by molar-refractivity contribution is -0.139. The van der Waals surface area contributed by atoms with Crippen LogP contribution >= 0.6 is 11.8 Å². The smallest absolute Gasteiger partial charge is 0.311 e. The molecule has 13 heteroatoms. The van der Waals surface area contributed by atoms with E-state index in [0.29, 0.717) is 24.5 Å².